The first kappa shape index (κ1) is 17.5. The van der Waals surface area contributed by atoms with Gasteiger partial charge in [-0.25, -0.2) is 5.48 Å². The van der Waals surface area contributed by atoms with Gasteiger partial charge in [0.2, 0.25) is 5.96 Å². The molecule has 0 unspecified atom stereocenters. The summed E-state index contributed by atoms with van der Waals surface area (Å²) in [7, 11) is -3.88. The zero-order valence-electron chi connectivity index (χ0n) is 12.5. The van der Waals surface area contributed by atoms with Gasteiger partial charge in [0, 0.05) is 6.54 Å². The molecule has 0 atom stereocenters. The Bertz CT molecular complexity index is 553. The van der Waals surface area contributed by atoms with Crippen LogP contribution in [0.4, 0.5) is 0 Å². The highest BCUT2D eigenvalue weighted by Crippen LogP contribution is 2.11. The summed E-state index contributed by atoms with van der Waals surface area (Å²) < 4.78 is 28.4. The molecule has 7 heteroatoms. The van der Waals surface area contributed by atoms with Gasteiger partial charge in [-0.1, -0.05) is 43.9 Å². The van der Waals surface area contributed by atoms with Crippen molar-refractivity contribution in [2.24, 2.45) is 10.7 Å². The molecule has 6 nitrogen and oxygen atoms in total. The summed E-state index contributed by atoms with van der Waals surface area (Å²) in [5, 5.41) is 0. The molecule has 0 aromatic heterocycles. The summed E-state index contributed by atoms with van der Waals surface area (Å²) in [5.41, 5.74) is 8.68. The van der Waals surface area contributed by atoms with E-state index in [0.717, 1.165) is 31.2 Å². The Kier molecular flexibility index (Phi) is 7.18. The van der Waals surface area contributed by atoms with Crippen molar-refractivity contribution in [1.82, 2.24) is 5.48 Å². The van der Waals surface area contributed by atoms with E-state index < -0.39 is 10.1 Å². The van der Waals surface area contributed by atoms with Crippen molar-refractivity contribution in [1.29, 1.82) is 0 Å². The van der Waals surface area contributed by atoms with Gasteiger partial charge in [0.25, 0.3) is 0 Å². The number of nitrogens with one attached hydrogen (secondary N) is 1. The molecule has 0 aliphatic heterocycles. The number of unbranched alkanes of at least 4 members (excludes halogenated alkanes) is 3. The van der Waals surface area contributed by atoms with Gasteiger partial charge in [-0.2, -0.15) is 8.42 Å². The number of rotatable bonds is 8. The van der Waals surface area contributed by atoms with Crippen molar-refractivity contribution >= 4 is 16.1 Å². The third-order valence-electron chi connectivity index (χ3n) is 2.86. The number of nitrogens with zero attached hydrogens (tertiary/aromatic N) is 1. The molecule has 0 saturated carbocycles. The fraction of sp³-hybridized carbons (Fsp3) is 0.500. The fourth-order valence-corrected chi connectivity index (χ4v) is 2.38. The summed E-state index contributed by atoms with van der Waals surface area (Å²) in [6, 6.07) is 6.34. The van der Waals surface area contributed by atoms with Gasteiger partial charge < -0.3 is 5.73 Å². The second-order valence-corrected chi connectivity index (χ2v) is 6.33. The number of guanidine groups is 1. The van der Waals surface area contributed by atoms with Gasteiger partial charge in [-0.3, -0.25) is 4.99 Å². The van der Waals surface area contributed by atoms with Crippen molar-refractivity contribution in [3.8, 4) is 0 Å². The number of hydrogen-bond donors (Lipinski definition) is 2. The van der Waals surface area contributed by atoms with E-state index in [2.05, 4.69) is 21.7 Å². The highest BCUT2D eigenvalue weighted by molar-refractivity contribution is 7.86. The number of aliphatic imine (C=N–C) groups is 1. The Morgan fingerprint density at radius 2 is 1.90 bits per heavy atom. The van der Waals surface area contributed by atoms with Gasteiger partial charge in [0.05, 0.1) is 4.90 Å². The highest BCUT2D eigenvalue weighted by Gasteiger charge is 2.15. The van der Waals surface area contributed by atoms with E-state index in [1.54, 1.807) is 12.1 Å². The van der Waals surface area contributed by atoms with Crippen molar-refractivity contribution in [2.75, 3.05) is 6.54 Å². The maximum absolute atomic E-state index is 11.9. The molecule has 118 valence electrons. The van der Waals surface area contributed by atoms with E-state index in [0.29, 0.717) is 6.54 Å². The molecule has 0 heterocycles. The summed E-state index contributed by atoms with van der Waals surface area (Å²) in [5.74, 6) is -0.0396. The molecule has 0 aliphatic rings. The van der Waals surface area contributed by atoms with E-state index in [4.69, 9.17) is 5.73 Å². The lowest BCUT2D eigenvalue weighted by molar-refractivity contribution is 0.265. The lowest BCUT2D eigenvalue weighted by Gasteiger charge is -2.07. The number of nitrogens with two attached hydrogens (primary N) is 1. The maximum Gasteiger partial charge on any atom is 0.317 e. The van der Waals surface area contributed by atoms with Crippen LogP contribution in [0.2, 0.25) is 0 Å². The van der Waals surface area contributed by atoms with Crippen LogP contribution in [0.3, 0.4) is 0 Å². The molecule has 1 aromatic rings. The van der Waals surface area contributed by atoms with Crippen molar-refractivity contribution < 1.29 is 12.7 Å². The zero-order valence-corrected chi connectivity index (χ0v) is 13.3. The Hall–Kier alpha value is -1.60. The molecule has 1 aromatic carbocycles. The first-order valence-electron chi connectivity index (χ1n) is 7.02. The van der Waals surface area contributed by atoms with Crippen LogP contribution in [0, 0.1) is 6.92 Å². The molecule has 3 N–H and O–H groups in total. The third kappa shape index (κ3) is 6.59. The van der Waals surface area contributed by atoms with E-state index in [1.807, 2.05) is 6.92 Å². The second-order valence-electron chi connectivity index (χ2n) is 4.78. The summed E-state index contributed by atoms with van der Waals surface area (Å²) >= 11 is 0. The molecule has 0 fully saturated rings. The van der Waals surface area contributed by atoms with E-state index in [9.17, 15) is 8.42 Å². The van der Waals surface area contributed by atoms with Crippen LogP contribution in [0.15, 0.2) is 34.2 Å². The van der Waals surface area contributed by atoms with Crippen molar-refractivity contribution in [2.45, 2.75) is 44.4 Å². The summed E-state index contributed by atoms with van der Waals surface area (Å²) in [4.78, 5) is 4.07. The predicted molar refractivity (Wildman–Crippen MR) is 83.2 cm³/mol. The Morgan fingerprint density at radius 1 is 1.24 bits per heavy atom. The lowest BCUT2D eigenvalue weighted by Crippen LogP contribution is -2.34. The van der Waals surface area contributed by atoms with Crippen LogP contribution in [0.1, 0.15) is 38.2 Å². The van der Waals surface area contributed by atoms with Crippen LogP contribution < -0.4 is 11.2 Å². The average molecular weight is 313 g/mol. The summed E-state index contributed by atoms with van der Waals surface area (Å²) in [6.45, 7) is 4.55. The first-order chi connectivity index (χ1) is 9.95. The van der Waals surface area contributed by atoms with Crippen molar-refractivity contribution in [3.63, 3.8) is 0 Å². The standard InChI is InChI=1S/C14H23N3O3S/c1-3-4-5-6-11-16-14(15)17-20-21(18,19)13-9-7-12(2)8-10-13/h7-10H,3-6,11H2,1-2H3,(H3,15,16,17). The number of aryl methyl sites for hydroxylation is 1. The zero-order chi connectivity index (χ0) is 15.7. The van der Waals surface area contributed by atoms with Crippen LogP contribution >= 0.6 is 0 Å². The van der Waals surface area contributed by atoms with Crippen LogP contribution in [-0.2, 0) is 14.4 Å². The number of hydrogen-bond acceptors (Lipinski definition) is 4. The first-order valence-corrected chi connectivity index (χ1v) is 8.42. The molecule has 0 spiro atoms. The molecule has 0 radical (unpaired) electrons. The molecule has 0 bridgehead atoms. The normalized spacial score (nSPS) is 12.4. The second kappa shape index (κ2) is 8.63. The molecule has 1 rings (SSSR count). The monoisotopic (exact) mass is 313 g/mol. The van der Waals surface area contributed by atoms with Gasteiger partial charge in [-0.05, 0) is 25.5 Å². The highest BCUT2D eigenvalue weighted by atomic mass is 32.2. The largest absolute Gasteiger partial charge is 0.368 e. The Morgan fingerprint density at radius 3 is 2.52 bits per heavy atom. The molecule has 0 aliphatic carbocycles. The van der Waals surface area contributed by atoms with Crippen molar-refractivity contribution in [3.05, 3.63) is 29.8 Å². The van der Waals surface area contributed by atoms with Crippen LogP contribution in [0.25, 0.3) is 0 Å². The summed E-state index contributed by atoms with van der Waals surface area (Å²) in [6.07, 6.45) is 4.30. The van der Waals surface area contributed by atoms with Crippen LogP contribution in [-0.4, -0.2) is 20.9 Å². The molecule has 0 saturated heterocycles. The molecular weight excluding hydrogens is 290 g/mol. The van der Waals surface area contributed by atoms with E-state index in [-0.39, 0.29) is 10.9 Å². The van der Waals surface area contributed by atoms with E-state index in [1.165, 1.54) is 12.1 Å². The van der Waals surface area contributed by atoms with Gasteiger partial charge in [0.15, 0.2) is 0 Å². The molecule has 21 heavy (non-hydrogen) atoms. The minimum absolute atomic E-state index is 0.0396. The Balaban J connectivity index is 2.45. The lowest BCUT2D eigenvalue weighted by atomic mass is 10.2. The SMILES string of the molecule is CCCCCCN=C(N)NOS(=O)(=O)c1ccc(C)cc1. The van der Waals surface area contributed by atoms with Gasteiger partial charge in [0.1, 0.15) is 0 Å². The fourth-order valence-electron chi connectivity index (χ4n) is 1.62. The van der Waals surface area contributed by atoms with Crippen LogP contribution in [0.5, 0.6) is 0 Å². The minimum Gasteiger partial charge on any atom is -0.368 e. The topological polar surface area (TPSA) is 93.8 Å². The molecule has 0 amide bonds. The van der Waals surface area contributed by atoms with Gasteiger partial charge >= 0.3 is 10.1 Å². The quantitative estimate of drug-likeness (QED) is 0.332. The number of benzene rings is 1. The van der Waals surface area contributed by atoms with E-state index >= 15 is 0 Å². The smallest absolute Gasteiger partial charge is 0.317 e. The van der Waals surface area contributed by atoms with Gasteiger partial charge in [-0.15, -0.1) is 4.28 Å². The minimum atomic E-state index is -3.88. The number of hydroxylamine groups is 1. The predicted octanol–water partition coefficient (Wildman–Crippen LogP) is 2.10. The third-order valence-corrected chi connectivity index (χ3v) is 4.01. The Labute approximate surface area is 126 Å². The molecular formula is C14H23N3O3S. The maximum atomic E-state index is 11.9. The average Bonchev–Trinajstić information content (AvgIpc) is 2.45.